The summed E-state index contributed by atoms with van der Waals surface area (Å²) >= 11 is 5.73. The molecule has 5 nitrogen and oxygen atoms in total. The molecular weight excluding hydrogens is 230 g/mol. The molecule has 1 aromatic carbocycles. The zero-order valence-electron chi connectivity index (χ0n) is 8.34. The quantitative estimate of drug-likeness (QED) is 0.649. The highest BCUT2D eigenvalue weighted by atomic mass is 35.5. The van der Waals surface area contributed by atoms with Crippen molar-refractivity contribution in [3.8, 4) is 0 Å². The summed E-state index contributed by atoms with van der Waals surface area (Å²) in [6.45, 7) is 0.435. The lowest BCUT2D eigenvalue weighted by atomic mass is 10.3. The normalized spacial score (nSPS) is 15.1. The predicted octanol–water partition coefficient (Wildman–Crippen LogP) is 2.77. The van der Waals surface area contributed by atoms with Gasteiger partial charge in [0, 0.05) is 5.02 Å². The summed E-state index contributed by atoms with van der Waals surface area (Å²) in [6.07, 6.45) is 2.65. The second-order valence-corrected chi connectivity index (χ2v) is 3.45. The Bertz CT molecular complexity index is 384. The molecule has 0 atom stereocenters. The van der Waals surface area contributed by atoms with Crippen LogP contribution in [0.4, 0.5) is 5.69 Å². The van der Waals surface area contributed by atoms with Crippen LogP contribution in [0.1, 0.15) is 0 Å². The van der Waals surface area contributed by atoms with E-state index in [-0.39, 0.29) is 6.29 Å². The fraction of sp³-hybridized carbons (Fsp3) is 0.200. The van der Waals surface area contributed by atoms with Gasteiger partial charge in [0.15, 0.2) is 0 Å². The van der Waals surface area contributed by atoms with Gasteiger partial charge in [-0.1, -0.05) is 16.8 Å². The van der Waals surface area contributed by atoms with Gasteiger partial charge in [0.2, 0.25) is 0 Å². The summed E-state index contributed by atoms with van der Waals surface area (Å²) in [7, 11) is 0. The third-order valence-electron chi connectivity index (χ3n) is 1.84. The fourth-order valence-electron chi connectivity index (χ4n) is 1.08. The average molecular weight is 240 g/mol. The van der Waals surface area contributed by atoms with E-state index in [1.807, 2.05) is 0 Å². The van der Waals surface area contributed by atoms with Crippen LogP contribution in [0, 0.1) is 0 Å². The smallest absolute Gasteiger partial charge is 0.258 e. The first kappa shape index (κ1) is 10.8. The fourth-order valence-corrected chi connectivity index (χ4v) is 1.21. The van der Waals surface area contributed by atoms with E-state index >= 15 is 0 Å². The maximum Gasteiger partial charge on any atom is 0.258 e. The monoisotopic (exact) mass is 239 g/mol. The molecule has 2 rings (SSSR count). The third-order valence-corrected chi connectivity index (χ3v) is 2.09. The van der Waals surface area contributed by atoms with Crippen molar-refractivity contribution in [2.75, 3.05) is 6.54 Å². The number of hydrogen-bond acceptors (Lipinski definition) is 4. The molecule has 0 radical (unpaired) electrons. The molecule has 16 heavy (non-hydrogen) atoms. The molecule has 0 bridgehead atoms. The van der Waals surface area contributed by atoms with E-state index in [9.17, 15) is 0 Å². The highest BCUT2D eigenvalue weighted by Crippen LogP contribution is 2.16. The highest BCUT2D eigenvalue weighted by molar-refractivity contribution is 6.30. The summed E-state index contributed by atoms with van der Waals surface area (Å²) in [5, 5.41) is 8.38. The van der Waals surface area contributed by atoms with E-state index in [0.29, 0.717) is 11.6 Å². The van der Waals surface area contributed by atoms with Crippen molar-refractivity contribution in [1.82, 2.24) is 5.43 Å². The average Bonchev–Trinajstić information content (AvgIpc) is 2.80. The van der Waals surface area contributed by atoms with Crippen LogP contribution < -0.4 is 5.43 Å². The second kappa shape index (κ2) is 5.37. The molecule has 6 heteroatoms. The van der Waals surface area contributed by atoms with Gasteiger partial charge in [0.25, 0.3) is 6.29 Å². The van der Waals surface area contributed by atoms with Crippen molar-refractivity contribution < 1.29 is 9.47 Å². The van der Waals surface area contributed by atoms with Crippen LogP contribution in [0.2, 0.25) is 5.02 Å². The number of nitrogens with one attached hydrogen (secondary N) is 1. The number of halogens is 1. The van der Waals surface area contributed by atoms with E-state index in [1.165, 1.54) is 12.5 Å². The Balaban J connectivity index is 1.74. The SMILES string of the molecule is Clc1ccc(/N=N\NCC2OC=CO2)cc1. The van der Waals surface area contributed by atoms with Crippen molar-refractivity contribution in [1.29, 1.82) is 0 Å². The van der Waals surface area contributed by atoms with Gasteiger partial charge >= 0.3 is 0 Å². The van der Waals surface area contributed by atoms with E-state index < -0.39 is 0 Å². The Labute approximate surface area is 97.7 Å². The molecular formula is C10H10ClN3O2. The van der Waals surface area contributed by atoms with Gasteiger partial charge < -0.3 is 9.47 Å². The number of benzene rings is 1. The molecule has 84 valence electrons. The molecule has 0 saturated heterocycles. The molecule has 0 spiro atoms. The lowest BCUT2D eigenvalue weighted by molar-refractivity contribution is -0.0202. The van der Waals surface area contributed by atoms with Crippen LogP contribution in [-0.4, -0.2) is 12.8 Å². The van der Waals surface area contributed by atoms with Crippen LogP contribution in [0.5, 0.6) is 0 Å². The minimum absolute atomic E-state index is 0.329. The number of ether oxygens (including phenoxy) is 2. The number of nitrogens with zero attached hydrogens (tertiary/aromatic N) is 2. The first-order valence-corrected chi connectivity index (χ1v) is 5.07. The molecule has 1 aromatic rings. The van der Waals surface area contributed by atoms with E-state index in [1.54, 1.807) is 24.3 Å². The Morgan fingerprint density at radius 3 is 2.56 bits per heavy atom. The molecule has 1 aliphatic heterocycles. The van der Waals surface area contributed by atoms with Gasteiger partial charge in [0.05, 0.1) is 5.69 Å². The topological polar surface area (TPSA) is 55.2 Å². The largest absolute Gasteiger partial charge is 0.457 e. The molecule has 1 aliphatic rings. The molecule has 1 N–H and O–H groups in total. The number of rotatable bonds is 4. The van der Waals surface area contributed by atoms with Gasteiger partial charge in [-0.3, -0.25) is 5.43 Å². The van der Waals surface area contributed by atoms with Crippen LogP contribution in [0.15, 0.2) is 47.1 Å². The molecule has 0 aliphatic carbocycles. The number of hydrogen-bond donors (Lipinski definition) is 1. The highest BCUT2D eigenvalue weighted by Gasteiger charge is 2.10. The van der Waals surface area contributed by atoms with Gasteiger partial charge in [-0.2, -0.15) is 0 Å². The molecule has 0 fully saturated rings. The Morgan fingerprint density at radius 2 is 1.88 bits per heavy atom. The minimum Gasteiger partial charge on any atom is -0.457 e. The molecule has 0 unspecified atom stereocenters. The second-order valence-electron chi connectivity index (χ2n) is 3.01. The Morgan fingerprint density at radius 1 is 1.19 bits per heavy atom. The van der Waals surface area contributed by atoms with Crippen LogP contribution in [-0.2, 0) is 9.47 Å². The summed E-state index contributed by atoms with van der Waals surface area (Å²) in [4.78, 5) is 0. The summed E-state index contributed by atoms with van der Waals surface area (Å²) in [6, 6.07) is 7.06. The Hall–Kier alpha value is -1.75. The van der Waals surface area contributed by atoms with E-state index in [0.717, 1.165) is 5.69 Å². The van der Waals surface area contributed by atoms with E-state index in [4.69, 9.17) is 21.1 Å². The van der Waals surface area contributed by atoms with Crippen molar-refractivity contribution in [3.63, 3.8) is 0 Å². The molecule has 0 saturated carbocycles. The standard InChI is InChI=1S/C10H10ClN3O2/c11-8-1-3-9(4-2-8)13-14-12-7-10-15-5-6-16-10/h1-6,10H,7H2,(H,12,13). The first-order valence-electron chi connectivity index (χ1n) is 4.70. The maximum absolute atomic E-state index is 5.73. The maximum atomic E-state index is 5.73. The van der Waals surface area contributed by atoms with Gasteiger partial charge in [-0.15, -0.1) is 5.11 Å². The minimum atomic E-state index is -0.329. The first-order chi connectivity index (χ1) is 7.84. The van der Waals surface area contributed by atoms with E-state index in [2.05, 4.69) is 15.8 Å². The lowest BCUT2D eigenvalue weighted by Gasteiger charge is -2.07. The molecule has 0 amide bonds. The Kier molecular flexibility index (Phi) is 3.61. The lowest BCUT2D eigenvalue weighted by Crippen LogP contribution is -2.23. The zero-order valence-corrected chi connectivity index (χ0v) is 9.09. The predicted molar refractivity (Wildman–Crippen MR) is 59.1 cm³/mol. The summed E-state index contributed by atoms with van der Waals surface area (Å²) < 4.78 is 10.1. The summed E-state index contributed by atoms with van der Waals surface area (Å²) in [5.41, 5.74) is 3.45. The molecule has 1 heterocycles. The van der Waals surface area contributed by atoms with Crippen molar-refractivity contribution in [3.05, 3.63) is 41.8 Å². The van der Waals surface area contributed by atoms with Crippen molar-refractivity contribution in [2.24, 2.45) is 10.3 Å². The van der Waals surface area contributed by atoms with Crippen LogP contribution in [0.25, 0.3) is 0 Å². The van der Waals surface area contributed by atoms with Crippen molar-refractivity contribution in [2.45, 2.75) is 6.29 Å². The van der Waals surface area contributed by atoms with Gasteiger partial charge in [0.1, 0.15) is 19.1 Å². The third kappa shape index (κ3) is 3.13. The summed E-state index contributed by atoms with van der Waals surface area (Å²) in [5.74, 6) is 0. The van der Waals surface area contributed by atoms with Crippen LogP contribution in [0.3, 0.4) is 0 Å². The molecule has 0 aromatic heterocycles. The van der Waals surface area contributed by atoms with Crippen LogP contribution >= 0.6 is 11.6 Å². The van der Waals surface area contributed by atoms with Gasteiger partial charge in [-0.25, -0.2) is 0 Å². The van der Waals surface area contributed by atoms with Gasteiger partial charge in [-0.05, 0) is 24.3 Å². The van der Waals surface area contributed by atoms with Crippen molar-refractivity contribution >= 4 is 17.3 Å². The zero-order chi connectivity index (χ0) is 11.2.